The number of ether oxygens (including phenoxy) is 2. The smallest absolute Gasteiger partial charge is 0.251 e. The molecule has 2 aromatic heterocycles. The number of nitrogens with zero attached hydrogens (tertiary/aromatic N) is 3. The van der Waals surface area contributed by atoms with E-state index in [2.05, 4.69) is 15.5 Å². The van der Waals surface area contributed by atoms with Crippen LogP contribution in [0.5, 0.6) is 11.5 Å². The van der Waals surface area contributed by atoms with Crippen LogP contribution in [0.15, 0.2) is 48.5 Å². The Kier molecular flexibility index (Phi) is 6.69. The highest BCUT2D eigenvalue weighted by atomic mass is 19.1. The number of amides is 1. The molecule has 5 rings (SSSR count). The predicted octanol–water partition coefficient (Wildman–Crippen LogP) is 5.13. The molecule has 3 heterocycles. The number of fused-ring (bicyclic) bond motifs is 2. The van der Waals surface area contributed by atoms with Crippen LogP contribution in [0, 0.1) is 12.7 Å². The van der Waals surface area contributed by atoms with Gasteiger partial charge >= 0.3 is 0 Å². The van der Waals surface area contributed by atoms with Crippen LogP contribution in [0.25, 0.3) is 22.2 Å². The molecule has 4 aromatic rings. The van der Waals surface area contributed by atoms with Gasteiger partial charge in [0.25, 0.3) is 5.91 Å². The van der Waals surface area contributed by atoms with Gasteiger partial charge in [0.15, 0.2) is 0 Å². The molecule has 2 unspecified atom stereocenters. The molecule has 0 radical (unpaired) electrons. The summed E-state index contributed by atoms with van der Waals surface area (Å²) >= 11 is 0. The van der Waals surface area contributed by atoms with Crippen molar-refractivity contribution in [3.63, 3.8) is 0 Å². The van der Waals surface area contributed by atoms with Crippen molar-refractivity contribution in [1.82, 2.24) is 20.5 Å². The van der Waals surface area contributed by atoms with E-state index in [9.17, 15) is 13.6 Å². The van der Waals surface area contributed by atoms with Gasteiger partial charge in [-0.2, -0.15) is 5.10 Å². The molecular formula is C28H26F2N4O3. The maximum absolute atomic E-state index is 14.3. The first kappa shape index (κ1) is 24.5. The second kappa shape index (κ2) is 10.1. The fourth-order valence-electron chi connectivity index (χ4n) is 4.47. The van der Waals surface area contributed by atoms with Gasteiger partial charge in [-0.15, -0.1) is 5.10 Å². The Balaban J connectivity index is 1.43. The number of alkyl halides is 1. The number of aryl methyl sites for hydroxylation is 1. The van der Waals surface area contributed by atoms with Gasteiger partial charge in [-0.1, -0.05) is 6.92 Å². The number of hydrogen-bond donors (Lipinski definition) is 1. The molecule has 0 spiro atoms. The summed E-state index contributed by atoms with van der Waals surface area (Å²) in [6.07, 6.45) is 0. The first-order chi connectivity index (χ1) is 17.9. The van der Waals surface area contributed by atoms with Crippen molar-refractivity contribution >= 4 is 16.8 Å². The molecule has 1 amide bonds. The number of carbonyl (C=O) groups excluding carboxylic acids is 1. The summed E-state index contributed by atoms with van der Waals surface area (Å²) < 4.78 is 39.1. The number of halogens is 2. The number of aromatic nitrogens is 3. The lowest BCUT2D eigenvalue weighted by Crippen LogP contribution is -2.29. The number of methoxy groups -OCH3 is 1. The van der Waals surface area contributed by atoms with Gasteiger partial charge in [0.05, 0.1) is 26.1 Å². The van der Waals surface area contributed by atoms with Crippen molar-refractivity contribution in [2.75, 3.05) is 26.9 Å². The van der Waals surface area contributed by atoms with Crippen LogP contribution in [-0.4, -0.2) is 48.0 Å². The van der Waals surface area contributed by atoms with Gasteiger partial charge in [0, 0.05) is 46.2 Å². The largest absolute Gasteiger partial charge is 0.494 e. The summed E-state index contributed by atoms with van der Waals surface area (Å²) in [5.74, 6) is -0.256. The highest BCUT2D eigenvalue weighted by Gasteiger charge is 2.28. The first-order valence-electron chi connectivity index (χ1n) is 12.0. The van der Waals surface area contributed by atoms with Crippen molar-refractivity contribution in [1.29, 1.82) is 0 Å². The molecule has 0 aliphatic carbocycles. The zero-order chi connectivity index (χ0) is 26.1. The van der Waals surface area contributed by atoms with Crippen LogP contribution in [0.2, 0.25) is 0 Å². The third-order valence-electron chi connectivity index (χ3n) is 6.52. The lowest BCUT2D eigenvalue weighted by atomic mass is 9.96. The van der Waals surface area contributed by atoms with Crippen LogP contribution >= 0.6 is 0 Å². The molecule has 2 atom stereocenters. The van der Waals surface area contributed by atoms with E-state index in [0.717, 1.165) is 10.9 Å². The Bertz CT molecular complexity index is 1480. The summed E-state index contributed by atoms with van der Waals surface area (Å²) in [6, 6.07) is 12.9. The summed E-state index contributed by atoms with van der Waals surface area (Å²) in [7, 11) is 1.50. The minimum absolute atomic E-state index is 0.0349. The van der Waals surface area contributed by atoms with E-state index in [1.165, 1.54) is 19.2 Å². The van der Waals surface area contributed by atoms with Crippen LogP contribution < -0.4 is 14.8 Å². The zero-order valence-corrected chi connectivity index (χ0v) is 20.7. The summed E-state index contributed by atoms with van der Waals surface area (Å²) in [5.41, 5.74) is 4.27. The molecule has 1 N–H and O–H groups in total. The molecule has 0 saturated heterocycles. The molecule has 190 valence electrons. The standard InChI is InChI=1S/C28H26F2N4O3/c1-15-14-37-27-22(15)11-23(32-26(27)17-4-6-21(30)7-5-17)20(12-29)13-31-28(35)19-9-18-8-16(2)33-34-25(18)24(10-19)36-3/h4-11,15,20H,12-14H2,1-3H3,(H,31,35). The normalized spacial score (nSPS) is 15.2. The topological polar surface area (TPSA) is 86.2 Å². The number of nitrogens with one attached hydrogen (secondary N) is 1. The average molecular weight is 505 g/mol. The highest BCUT2D eigenvalue weighted by molar-refractivity contribution is 5.99. The molecule has 37 heavy (non-hydrogen) atoms. The van der Waals surface area contributed by atoms with Crippen LogP contribution in [0.1, 0.15) is 46.1 Å². The second-order valence-corrected chi connectivity index (χ2v) is 9.20. The Morgan fingerprint density at radius 3 is 2.70 bits per heavy atom. The van der Waals surface area contributed by atoms with Gasteiger partial charge in [-0.05, 0) is 55.5 Å². The Morgan fingerprint density at radius 2 is 1.97 bits per heavy atom. The maximum atomic E-state index is 14.3. The lowest BCUT2D eigenvalue weighted by Gasteiger charge is -2.18. The summed E-state index contributed by atoms with van der Waals surface area (Å²) in [6.45, 7) is 3.63. The van der Waals surface area contributed by atoms with E-state index in [1.807, 2.05) is 26.0 Å². The average Bonchev–Trinajstić information content (AvgIpc) is 3.28. The van der Waals surface area contributed by atoms with Gasteiger partial charge in [-0.3, -0.25) is 9.18 Å². The van der Waals surface area contributed by atoms with Crippen molar-refractivity contribution in [2.24, 2.45) is 0 Å². The molecule has 9 heteroatoms. The molecule has 2 aromatic carbocycles. The van der Waals surface area contributed by atoms with Gasteiger partial charge in [0.1, 0.15) is 28.5 Å². The SMILES string of the molecule is COc1cc(C(=O)NCC(CF)c2cc3c(c(-c4ccc(F)cc4)n2)OCC3C)cc2cc(C)nnc12. The zero-order valence-electron chi connectivity index (χ0n) is 20.7. The van der Waals surface area contributed by atoms with Crippen LogP contribution in [-0.2, 0) is 0 Å². The lowest BCUT2D eigenvalue weighted by molar-refractivity contribution is 0.0949. The number of carbonyl (C=O) groups is 1. The number of pyridine rings is 1. The quantitative estimate of drug-likeness (QED) is 0.376. The first-order valence-corrected chi connectivity index (χ1v) is 12.0. The van der Waals surface area contributed by atoms with Crippen molar-refractivity contribution in [3.8, 4) is 22.8 Å². The van der Waals surface area contributed by atoms with E-state index in [4.69, 9.17) is 14.5 Å². The molecule has 0 saturated carbocycles. The molecule has 1 aliphatic rings. The Hall–Kier alpha value is -4.14. The van der Waals surface area contributed by atoms with E-state index in [-0.39, 0.29) is 24.2 Å². The van der Waals surface area contributed by atoms with E-state index >= 15 is 0 Å². The fourth-order valence-corrected chi connectivity index (χ4v) is 4.47. The molecular weight excluding hydrogens is 478 g/mol. The molecule has 0 bridgehead atoms. The molecule has 0 fully saturated rings. The monoisotopic (exact) mass is 504 g/mol. The highest BCUT2D eigenvalue weighted by Crippen LogP contribution is 2.42. The van der Waals surface area contributed by atoms with E-state index in [0.29, 0.717) is 51.8 Å². The second-order valence-electron chi connectivity index (χ2n) is 9.20. The Morgan fingerprint density at radius 1 is 1.19 bits per heavy atom. The third-order valence-corrected chi connectivity index (χ3v) is 6.52. The van der Waals surface area contributed by atoms with Crippen molar-refractivity contribution in [3.05, 3.63) is 76.9 Å². The predicted molar refractivity (Wildman–Crippen MR) is 135 cm³/mol. The van der Waals surface area contributed by atoms with E-state index < -0.39 is 12.6 Å². The molecule has 1 aliphatic heterocycles. The third kappa shape index (κ3) is 4.81. The van der Waals surface area contributed by atoms with Gasteiger partial charge in [-0.25, -0.2) is 9.37 Å². The van der Waals surface area contributed by atoms with E-state index in [1.54, 1.807) is 24.3 Å². The summed E-state index contributed by atoms with van der Waals surface area (Å²) in [4.78, 5) is 17.8. The van der Waals surface area contributed by atoms with Crippen molar-refractivity contribution in [2.45, 2.75) is 25.7 Å². The van der Waals surface area contributed by atoms with Crippen LogP contribution in [0.3, 0.4) is 0 Å². The van der Waals surface area contributed by atoms with Gasteiger partial charge in [0.2, 0.25) is 0 Å². The minimum Gasteiger partial charge on any atom is -0.494 e. The maximum Gasteiger partial charge on any atom is 0.251 e. The molecule has 7 nitrogen and oxygen atoms in total. The Labute approximate surface area is 212 Å². The van der Waals surface area contributed by atoms with Crippen molar-refractivity contribution < 1.29 is 23.0 Å². The number of rotatable bonds is 7. The number of hydrogen-bond acceptors (Lipinski definition) is 6. The van der Waals surface area contributed by atoms with Gasteiger partial charge < -0.3 is 14.8 Å². The number of benzene rings is 2. The summed E-state index contributed by atoms with van der Waals surface area (Å²) in [5, 5.41) is 11.8. The minimum atomic E-state index is -0.722. The van der Waals surface area contributed by atoms with Crippen LogP contribution in [0.4, 0.5) is 8.78 Å². The fraction of sp³-hybridized carbons (Fsp3) is 0.286.